The number of amides is 1. The van der Waals surface area contributed by atoms with Crippen molar-refractivity contribution in [2.45, 2.75) is 38.1 Å². The van der Waals surface area contributed by atoms with Crippen molar-refractivity contribution in [2.75, 3.05) is 0 Å². The molecule has 1 aromatic heterocycles. The van der Waals surface area contributed by atoms with E-state index in [1.807, 2.05) is 0 Å². The van der Waals surface area contributed by atoms with Gasteiger partial charge < -0.3 is 15.4 Å². The zero-order valence-electron chi connectivity index (χ0n) is 12.5. The summed E-state index contributed by atoms with van der Waals surface area (Å²) in [5, 5.41) is 12.0. The maximum atomic E-state index is 12.3. The first-order chi connectivity index (χ1) is 10.3. The molecule has 0 radical (unpaired) electrons. The number of nitrogens with zero attached hydrogens (tertiary/aromatic N) is 1. The van der Waals surface area contributed by atoms with E-state index in [9.17, 15) is 24.3 Å². The van der Waals surface area contributed by atoms with Gasteiger partial charge in [-0.3, -0.25) is 19.0 Å². The average molecular weight is 309 g/mol. The van der Waals surface area contributed by atoms with Crippen molar-refractivity contribution in [3.63, 3.8) is 0 Å². The van der Waals surface area contributed by atoms with Crippen LogP contribution in [0.4, 0.5) is 0 Å². The molecule has 2 atom stereocenters. The van der Waals surface area contributed by atoms with Gasteiger partial charge in [-0.05, 0) is 19.8 Å². The van der Waals surface area contributed by atoms with Crippen molar-refractivity contribution < 1.29 is 14.7 Å². The van der Waals surface area contributed by atoms with E-state index in [2.05, 4.69) is 10.3 Å². The molecule has 120 valence electrons. The molecular formula is C14H19N3O5. The van der Waals surface area contributed by atoms with Gasteiger partial charge in [0, 0.05) is 13.2 Å². The molecule has 0 aromatic carbocycles. The van der Waals surface area contributed by atoms with E-state index in [1.54, 1.807) is 6.92 Å². The predicted molar refractivity (Wildman–Crippen MR) is 77.8 cm³/mol. The van der Waals surface area contributed by atoms with Crippen molar-refractivity contribution >= 4 is 11.9 Å². The molecule has 2 unspecified atom stereocenters. The minimum Gasteiger partial charge on any atom is -0.481 e. The average Bonchev–Trinajstić information content (AvgIpc) is 2.44. The minimum atomic E-state index is -0.961. The number of H-pyrrole nitrogens is 1. The number of carboxylic acid groups (broad SMARTS) is 1. The Labute approximate surface area is 126 Å². The van der Waals surface area contributed by atoms with Crippen LogP contribution in [0.25, 0.3) is 0 Å². The number of carbonyl (C=O) groups excluding carboxylic acids is 1. The number of nitrogens with one attached hydrogen (secondary N) is 2. The Bertz CT molecular complexity index is 720. The largest absolute Gasteiger partial charge is 0.481 e. The van der Waals surface area contributed by atoms with E-state index in [0.29, 0.717) is 12.8 Å². The fourth-order valence-corrected chi connectivity index (χ4v) is 2.93. The highest BCUT2D eigenvalue weighted by Crippen LogP contribution is 2.33. The summed E-state index contributed by atoms with van der Waals surface area (Å²) in [6, 6.07) is 0. The number of rotatable bonds is 3. The topological polar surface area (TPSA) is 121 Å². The molecule has 1 fully saturated rings. The van der Waals surface area contributed by atoms with Crippen molar-refractivity contribution in [1.29, 1.82) is 0 Å². The summed E-state index contributed by atoms with van der Waals surface area (Å²) < 4.78 is 0.798. The second-order valence-electron chi connectivity index (χ2n) is 5.88. The SMILES string of the molecule is Cn1c(=O)[nH]cc(C(=O)NC2(C)CCCCC2C(=O)O)c1=O. The quantitative estimate of drug-likeness (QED) is 0.716. The summed E-state index contributed by atoms with van der Waals surface area (Å²) in [6.07, 6.45) is 3.67. The van der Waals surface area contributed by atoms with Crippen LogP contribution in [-0.4, -0.2) is 32.1 Å². The third kappa shape index (κ3) is 2.81. The van der Waals surface area contributed by atoms with Gasteiger partial charge in [-0.1, -0.05) is 12.8 Å². The van der Waals surface area contributed by atoms with Gasteiger partial charge in [0.05, 0.1) is 11.5 Å². The summed E-state index contributed by atoms with van der Waals surface area (Å²) in [6.45, 7) is 1.68. The summed E-state index contributed by atoms with van der Waals surface area (Å²) in [5.74, 6) is -2.33. The van der Waals surface area contributed by atoms with E-state index in [4.69, 9.17) is 0 Å². The highest BCUT2D eigenvalue weighted by Gasteiger charge is 2.42. The second kappa shape index (κ2) is 5.78. The molecule has 8 nitrogen and oxygen atoms in total. The van der Waals surface area contributed by atoms with Gasteiger partial charge >= 0.3 is 11.7 Å². The van der Waals surface area contributed by atoms with Crippen molar-refractivity contribution in [1.82, 2.24) is 14.9 Å². The standard InChI is InChI=1S/C14H19N3O5/c1-14(6-4-3-5-9(14)12(20)21)16-10(18)8-7-15-13(22)17(2)11(8)19/h7,9H,3-6H2,1-2H3,(H,15,22)(H,16,18)(H,20,21). The molecule has 3 N–H and O–H groups in total. The Morgan fingerprint density at radius 1 is 1.41 bits per heavy atom. The van der Waals surface area contributed by atoms with Crippen LogP contribution in [-0.2, 0) is 11.8 Å². The third-order valence-corrected chi connectivity index (χ3v) is 4.33. The Balaban J connectivity index is 2.31. The Hall–Kier alpha value is -2.38. The highest BCUT2D eigenvalue weighted by molar-refractivity contribution is 5.94. The lowest BCUT2D eigenvalue weighted by atomic mass is 9.74. The molecule has 0 bridgehead atoms. The van der Waals surface area contributed by atoms with Crippen LogP contribution in [0.1, 0.15) is 43.0 Å². The number of carboxylic acids is 1. The zero-order valence-corrected chi connectivity index (χ0v) is 12.5. The van der Waals surface area contributed by atoms with E-state index in [1.165, 1.54) is 7.05 Å². The summed E-state index contributed by atoms with van der Waals surface area (Å²) in [5.41, 5.74) is -2.46. The molecule has 1 saturated carbocycles. The lowest BCUT2D eigenvalue weighted by Crippen LogP contribution is -2.56. The molecule has 0 aliphatic heterocycles. The summed E-state index contributed by atoms with van der Waals surface area (Å²) in [7, 11) is 1.26. The second-order valence-corrected chi connectivity index (χ2v) is 5.88. The van der Waals surface area contributed by atoms with E-state index < -0.39 is 34.6 Å². The number of hydrogen-bond donors (Lipinski definition) is 3. The van der Waals surface area contributed by atoms with Gasteiger partial charge in [-0.2, -0.15) is 0 Å². The van der Waals surface area contributed by atoms with Crippen LogP contribution in [0.5, 0.6) is 0 Å². The van der Waals surface area contributed by atoms with Crippen molar-refractivity contribution in [2.24, 2.45) is 13.0 Å². The molecule has 1 aromatic rings. The molecule has 8 heteroatoms. The third-order valence-electron chi connectivity index (χ3n) is 4.33. The normalized spacial score (nSPS) is 24.7. The molecule has 1 aliphatic carbocycles. The lowest BCUT2D eigenvalue weighted by Gasteiger charge is -2.39. The van der Waals surface area contributed by atoms with Crippen molar-refractivity contribution in [3.8, 4) is 0 Å². The summed E-state index contributed by atoms with van der Waals surface area (Å²) in [4.78, 5) is 49.3. The van der Waals surface area contributed by atoms with E-state index in [0.717, 1.165) is 23.6 Å². The van der Waals surface area contributed by atoms with E-state index in [-0.39, 0.29) is 5.56 Å². The molecule has 0 spiro atoms. The van der Waals surface area contributed by atoms with Crippen LogP contribution < -0.4 is 16.6 Å². The van der Waals surface area contributed by atoms with E-state index >= 15 is 0 Å². The lowest BCUT2D eigenvalue weighted by molar-refractivity contribution is -0.145. The highest BCUT2D eigenvalue weighted by atomic mass is 16.4. The molecular weight excluding hydrogens is 290 g/mol. The fraction of sp³-hybridized carbons (Fsp3) is 0.571. The molecule has 1 aliphatic rings. The van der Waals surface area contributed by atoms with Crippen molar-refractivity contribution in [3.05, 3.63) is 32.6 Å². The van der Waals surface area contributed by atoms with Gasteiger partial charge in [0.2, 0.25) is 0 Å². The first-order valence-corrected chi connectivity index (χ1v) is 7.10. The molecule has 0 saturated heterocycles. The summed E-state index contributed by atoms with van der Waals surface area (Å²) >= 11 is 0. The maximum Gasteiger partial charge on any atom is 0.328 e. The van der Waals surface area contributed by atoms with Crippen LogP contribution >= 0.6 is 0 Å². The maximum absolute atomic E-state index is 12.3. The van der Waals surface area contributed by atoms with Gasteiger partial charge in [-0.15, -0.1) is 0 Å². The Kier molecular flexibility index (Phi) is 4.20. The molecule has 22 heavy (non-hydrogen) atoms. The van der Waals surface area contributed by atoms with Crippen LogP contribution in [0, 0.1) is 5.92 Å². The number of aromatic amines is 1. The fourth-order valence-electron chi connectivity index (χ4n) is 2.93. The minimum absolute atomic E-state index is 0.210. The van der Waals surface area contributed by atoms with Crippen LogP contribution in [0.3, 0.4) is 0 Å². The van der Waals surface area contributed by atoms with Crippen LogP contribution in [0.15, 0.2) is 15.8 Å². The number of aromatic nitrogens is 2. The number of hydrogen-bond acceptors (Lipinski definition) is 4. The predicted octanol–water partition coefficient (Wildman–Crippen LogP) is -0.163. The Morgan fingerprint density at radius 2 is 2.09 bits per heavy atom. The van der Waals surface area contributed by atoms with Gasteiger partial charge in [0.15, 0.2) is 0 Å². The Morgan fingerprint density at radius 3 is 2.73 bits per heavy atom. The van der Waals surface area contributed by atoms with Gasteiger partial charge in [0.1, 0.15) is 5.56 Å². The monoisotopic (exact) mass is 309 g/mol. The smallest absolute Gasteiger partial charge is 0.328 e. The molecule has 1 amide bonds. The van der Waals surface area contributed by atoms with Crippen LogP contribution in [0.2, 0.25) is 0 Å². The molecule has 1 heterocycles. The van der Waals surface area contributed by atoms with Gasteiger partial charge in [0.25, 0.3) is 11.5 Å². The first kappa shape index (κ1) is 16.0. The van der Waals surface area contributed by atoms with Gasteiger partial charge in [-0.25, -0.2) is 4.79 Å². The number of carbonyl (C=O) groups is 2. The molecule has 2 rings (SSSR count). The number of aliphatic carboxylic acids is 1. The first-order valence-electron chi connectivity index (χ1n) is 7.10. The zero-order chi connectivity index (χ0) is 16.5.